The number of carbonyl (C=O) groups excluding carboxylic acids is 1. The van der Waals surface area contributed by atoms with Crippen LogP contribution in [0.5, 0.6) is 0 Å². The molecule has 1 unspecified atom stereocenters. The third-order valence-electron chi connectivity index (χ3n) is 4.23. The fourth-order valence-electron chi connectivity index (χ4n) is 2.86. The van der Waals surface area contributed by atoms with Crippen molar-refractivity contribution in [2.75, 3.05) is 40.1 Å². The second-order valence-electron chi connectivity index (χ2n) is 6.14. The normalized spacial score (nSPS) is 22.5. The van der Waals surface area contributed by atoms with Crippen LogP contribution >= 0.6 is 0 Å². The number of hydrogen-bond acceptors (Lipinski definition) is 6. The predicted octanol–water partition coefficient (Wildman–Crippen LogP) is 2.08. The van der Waals surface area contributed by atoms with Gasteiger partial charge in [0.05, 0.1) is 13.2 Å². The Labute approximate surface area is 143 Å². The molecule has 2 aliphatic rings. The summed E-state index contributed by atoms with van der Waals surface area (Å²) in [7, 11) is 1.68. The van der Waals surface area contributed by atoms with E-state index in [1.807, 2.05) is 12.1 Å². The largest absolute Gasteiger partial charge is 0.461 e. The Morgan fingerprint density at radius 2 is 2.38 bits per heavy atom. The van der Waals surface area contributed by atoms with E-state index in [0.29, 0.717) is 19.8 Å². The first-order valence-electron chi connectivity index (χ1n) is 8.56. The van der Waals surface area contributed by atoms with Crippen LogP contribution in [0.25, 0.3) is 0 Å². The zero-order chi connectivity index (χ0) is 17.2. The molecule has 1 heterocycles. The van der Waals surface area contributed by atoms with Crippen molar-refractivity contribution >= 4 is 5.97 Å². The van der Waals surface area contributed by atoms with Gasteiger partial charge >= 0.3 is 5.97 Å². The maximum absolute atomic E-state index is 12.2. The minimum absolute atomic E-state index is 0.129. The number of esters is 1. The molecular weight excluding hydrogens is 308 g/mol. The fourth-order valence-corrected chi connectivity index (χ4v) is 2.86. The van der Waals surface area contributed by atoms with Crippen molar-refractivity contribution in [1.29, 1.82) is 5.26 Å². The number of nitrogens with zero attached hydrogens (tertiary/aromatic N) is 1. The highest BCUT2D eigenvalue weighted by atomic mass is 16.5. The van der Waals surface area contributed by atoms with Crippen LogP contribution in [0.1, 0.15) is 32.1 Å². The molecule has 24 heavy (non-hydrogen) atoms. The Bertz CT molecular complexity index is 528. The van der Waals surface area contributed by atoms with Gasteiger partial charge in [0.1, 0.15) is 11.6 Å². The van der Waals surface area contributed by atoms with Gasteiger partial charge in [0.15, 0.2) is 0 Å². The zero-order valence-corrected chi connectivity index (χ0v) is 14.3. The van der Waals surface area contributed by atoms with Gasteiger partial charge in [0, 0.05) is 38.5 Å². The van der Waals surface area contributed by atoms with Gasteiger partial charge in [-0.25, -0.2) is 4.79 Å². The van der Waals surface area contributed by atoms with Crippen molar-refractivity contribution in [2.45, 2.75) is 32.1 Å². The second-order valence-corrected chi connectivity index (χ2v) is 6.14. The lowest BCUT2D eigenvalue weighted by molar-refractivity contribution is -0.139. The molecule has 1 fully saturated rings. The molecule has 1 aliphatic carbocycles. The SMILES string of the molecule is COCCCNC1=C/C(=C(/C#N)C(=O)OCC2CCOC2)CCC1. The molecule has 0 aromatic heterocycles. The molecular formula is C18H26N2O4. The summed E-state index contributed by atoms with van der Waals surface area (Å²) in [5, 5.41) is 12.7. The van der Waals surface area contributed by atoms with E-state index in [-0.39, 0.29) is 11.5 Å². The van der Waals surface area contributed by atoms with Gasteiger partial charge in [0.2, 0.25) is 0 Å². The summed E-state index contributed by atoms with van der Waals surface area (Å²) < 4.78 is 15.6. The van der Waals surface area contributed by atoms with Gasteiger partial charge in [-0.15, -0.1) is 0 Å². The smallest absolute Gasteiger partial charge is 0.349 e. The van der Waals surface area contributed by atoms with Crippen LogP contribution in [0.3, 0.4) is 0 Å². The Morgan fingerprint density at radius 1 is 1.50 bits per heavy atom. The van der Waals surface area contributed by atoms with Crippen LogP contribution in [0, 0.1) is 17.2 Å². The summed E-state index contributed by atoms with van der Waals surface area (Å²) >= 11 is 0. The molecule has 0 amide bonds. The minimum Gasteiger partial charge on any atom is -0.461 e. The van der Waals surface area contributed by atoms with Gasteiger partial charge in [-0.3, -0.25) is 0 Å². The Kier molecular flexibility index (Phi) is 7.80. The number of allylic oxidation sites excluding steroid dienone is 3. The molecule has 0 aromatic carbocycles. The van der Waals surface area contributed by atoms with Crippen molar-refractivity contribution in [3.05, 3.63) is 22.9 Å². The minimum atomic E-state index is -0.517. The molecule has 132 valence electrons. The molecule has 6 nitrogen and oxygen atoms in total. The number of nitriles is 1. The number of ether oxygens (including phenoxy) is 3. The van der Waals surface area contributed by atoms with E-state index in [9.17, 15) is 10.1 Å². The second kappa shape index (κ2) is 10.1. The monoisotopic (exact) mass is 334 g/mol. The summed E-state index contributed by atoms with van der Waals surface area (Å²) in [6.07, 6.45) is 6.34. The Balaban J connectivity index is 1.94. The van der Waals surface area contributed by atoms with E-state index in [0.717, 1.165) is 56.5 Å². The number of hydrogen-bond donors (Lipinski definition) is 1. The molecule has 1 N–H and O–H groups in total. The Hall–Kier alpha value is -1.84. The van der Waals surface area contributed by atoms with E-state index in [1.165, 1.54) is 0 Å². The topological polar surface area (TPSA) is 80.6 Å². The highest BCUT2D eigenvalue weighted by Gasteiger charge is 2.22. The summed E-state index contributed by atoms with van der Waals surface area (Å²) in [6.45, 7) is 3.20. The van der Waals surface area contributed by atoms with Gasteiger partial charge in [-0.05, 0) is 43.8 Å². The number of rotatable bonds is 8. The number of methoxy groups -OCH3 is 1. The van der Waals surface area contributed by atoms with Crippen molar-refractivity contribution in [3.8, 4) is 6.07 Å². The number of carbonyl (C=O) groups is 1. The lowest BCUT2D eigenvalue weighted by Crippen LogP contribution is -2.20. The first kappa shape index (κ1) is 18.5. The third-order valence-corrected chi connectivity index (χ3v) is 4.23. The number of nitrogens with one attached hydrogen (secondary N) is 1. The van der Waals surface area contributed by atoms with Crippen molar-refractivity contribution < 1.29 is 19.0 Å². The molecule has 0 aromatic rings. The average molecular weight is 334 g/mol. The molecule has 0 saturated carbocycles. The predicted molar refractivity (Wildman–Crippen MR) is 89.0 cm³/mol. The first-order chi connectivity index (χ1) is 11.7. The molecule has 6 heteroatoms. The molecule has 0 bridgehead atoms. The van der Waals surface area contributed by atoms with Crippen LogP contribution in [0.15, 0.2) is 22.9 Å². The lowest BCUT2D eigenvalue weighted by Gasteiger charge is -2.18. The molecule has 1 aliphatic heterocycles. The van der Waals surface area contributed by atoms with Crippen molar-refractivity contribution in [3.63, 3.8) is 0 Å². The van der Waals surface area contributed by atoms with Crippen LogP contribution < -0.4 is 5.32 Å². The maximum Gasteiger partial charge on any atom is 0.349 e. The molecule has 0 spiro atoms. The van der Waals surface area contributed by atoms with Gasteiger partial charge in [0.25, 0.3) is 0 Å². The summed E-state index contributed by atoms with van der Waals surface area (Å²) in [5.74, 6) is -0.268. The van der Waals surface area contributed by atoms with Gasteiger partial charge < -0.3 is 19.5 Å². The van der Waals surface area contributed by atoms with E-state index < -0.39 is 5.97 Å². The molecule has 1 saturated heterocycles. The lowest BCUT2D eigenvalue weighted by atomic mass is 9.95. The highest BCUT2D eigenvalue weighted by molar-refractivity contribution is 5.94. The van der Waals surface area contributed by atoms with Gasteiger partial charge in [-0.2, -0.15) is 5.26 Å². The van der Waals surface area contributed by atoms with Crippen molar-refractivity contribution in [1.82, 2.24) is 5.32 Å². The van der Waals surface area contributed by atoms with Crippen LogP contribution in [0.4, 0.5) is 0 Å². The van der Waals surface area contributed by atoms with E-state index >= 15 is 0 Å². The fraction of sp³-hybridized carbons (Fsp3) is 0.667. The average Bonchev–Trinajstić information content (AvgIpc) is 3.12. The van der Waals surface area contributed by atoms with E-state index in [2.05, 4.69) is 5.32 Å². The van der Waals surface area contributed by atoms with E-state index in [1.54, 1.807) is 7.11 Å². The zero-order valence-electron chi connectivity index (χ0n) is 14.3. The molecule has 2 rings (SSSR count). The van der Waals surface area contributed by atoms with Crippen LogP contribution in [-0.4, -0.2) is 46.1 Å². The molecule has 1 atom stereocenters. The quantitative estimate of drug-likeness (QED) is 0.317. The summed E-state index contributed by atoms with van der Waals surface area (Å²) in [5.41, 5.74) is 1.97. The highest BCUT2D eigenvalue weighted by Crippen LogP contribution is 2.24. The first-order valence-corrected chi connectivity index (χ1v) is 8.56. The van der Waals surface area contributed by atoms with Crippen LogP contribution in [-0.2, 0) is 19.0 Å². The summed E-state index contributed by atoms with van der Waals surface area (Å²) in [6, 6.07) is 2.03. The van der Waals surface area contributed by atoms with Crippen LogP contribution in [0.2, 0.25) is 0 Å². The van der Waals surface area contributed by atoms with Crippen molar-refractivity contribution in [2.24, 2.45) is 5.92 Å². The third kappa shape index (κ3) is 5.66. The van der Waals surface area contributed by atoms with E-state index in [4.69, 9.17) is 14.2 Å². The summed E-state index contributed by atoms with van der Waals surface area (Å²) in [4.78, 5) is 12.2. The molecule has 0 radical (unpaired) electrons. The Morgan fingerprint density at radius 3 is 3.08 bits per heavy atom. The standard InChI is InChI=1S/C18H26N2O4/c1-22-8-3-7-20-16-5-2-4-15(10-16)17(11-19)18(21)24-13-14-6-9-23-12-14/h10,14,20H,2-9,12-13H2,1H3/b17-15-. The van der Waals surface area contributed by atoms with Gasteiger partial charge in [-0.1, -0.05) is 0 Å². The maximum atomic E-state index is 12.2.